The maximum absolute atomic E-state index is 10.6. The Kier molecular flexibility index (Phi) is 5.15. The van der Waals surface area contributed by atoms with Gasteiger partial charge in [0.25, 0.3) is 0 Å². The second-order valence-electron chi connectivity index (χ2n) is 1.66. The molecular weight excluding hydrogens is 118 g/mol. The Morgan fingerprint density at radius 3 is 2.78 bits per heavy atom. The minimum absolute atomic E-state index is 0.00755. The van der Waals surface area contributed by atoms with Gasteiger partial charge in [-0.2, -0.15) is 0 Å². The topological polar surface area (TPSA) is 67.2 Å². The van der Waals surface area contributed by atoms with E-state index in [9.17, 15) is 4.79 Å². The molecule has 0 aliphatic carbocycles. The van der Waals surface area contributed by atoms with Crippen LogP contribution in [0.4, 0.5) is 0 Å². The van der Waals surface area contributed by atoms with Crippen LogP contribution in [0.5, 0.6) is 0 Å². The molecule has 0 aromatic heterocycles. The Morgan fingerprint density at radius 2 is 2.33 bits per heavy atom. The molecule has 0 heterocycles. The van der Waals surface area contributed by atoms with Crippen LogP contribution < -0.4 is 16.4 Å². The van der Waals surface area contributed by atoms with E-state index < -0.39 is 0 Å². The summed E-state index contributed by atoms with van der Waals surface area (Å²) >= 11 is 0. The minimum Gasteiger partial charge on any atom is -0.344 e. The third kappa shape index (κ3) is 5.26. The first-order valence-corrected chi connectivity index (χ1v) is 2.92. The average Bonchev–Trinajstić information content (AvgIpc) is 1.85. The van der Waals surface area contributed by atoms with Crippen LogP contribution in [-0.4, -0.2) is 26.2 Å². The lowest BCUT2D eigenvalue weighted by Crippen LogP contribution is -2.31. The van der Waals surface area contributed by atoms with Crippen LogP contribution in [0.25, 0.3) is 0 Å². The highest BCUT2D eigenvalue weighted by Gasteiger charge is 1.94. The zero-order chi connectivity index (χ0) is 7.11. The van der Waals surface area contributed by atoms with Crippen molar-refractivity contribution >= 4 is 5.91 Å². The molecule has 0 saturated carbocycles. The average molecular weight is 131 g/mol. The fourth-order valence-corrected chi connectivity index (χ4v) is 0.441. The Balaban J connectivity index is 3.06. The molecule has 0 fully saturated rings. The van der Waals surface area contributed by atoms with Gasteiger partial charge in [0, 0.05) is 13.0 Å². The monoisotopic (exact) mass is 131 g/mol. The molecule has 9 heavy (non-hydrogen) atoms. The van der Waals surface area contributed by atoms with E-state index in [1.54, 1.807) is 7.05 Å². The van der Waals surface area contributed by atoms with Gasteiger partial charge < -0.3 is 16.4 Å². The number of amides is 1. The normalized spacial score (nSPS) is 9.11. The van der Waals surface area contributed by atoms with Crippen molar-refractivity contribution in [1.29, 1.82) is 0 Å². The van der Waals surface area contributed by atoms with Gasteiger partial charge in [-0.1, -0.05) is 0 Å². The van der Waals surface area contributed by atoms with E-state index in [1.165, 1.54) is 0 Å². The van der Waals surface area contributed by atoms with Crippen LogP contribution in [0.2, 0.25) is 0 Å². The van der Waals surface area contributed by atoms with E-state index in [2.05, 4.69) is 10.6 Å². The van der Waals surface area contributed by atoms with E-state index in [0.29, 0.717) is 13.0 Å². The predicted molar refractivity (Wildman–Crippen MR) is 35.7 cm³/mol. The number of carbonyl (C=O) groups is 1. The summed E-state index contributed by atoms with van der Waals surface area (Å²) in [6, 6.07) is 0. The quantitative estimate of drug-likeness (QED) is 0.412. The van der Waals surface area contributed by atoms with Crippen molar-refractivity contribution in [2.24, 2.45) is 5.73 Å². The van der Waals surface area contributed by atoms with Crippen LogP contribution in [-0.2, 0) is 4.79 Å². The van der Waals surface area contributed by atoms with Gasteiger partial charge in [0.05, 0.1) is 6.67 Å². The lowest BCUT2D eigenvalue weighted by Gasteiger charge is -1.99. The molecule has 0 saturated heterocycles. The fraction of sp³-hybridized carbons (Fsp3) is 0.800. The van der Waals surface area contributed by atoms with Gasteiger partial charge in [-0.15, -0.1) is 0 Å². The Labute approximate surface area is 54.8 Å². The summed E-state index contributed by atoms with van der Waals surface area (Å²) in [4.78, 5) is 10.6. The van der Waals surface area contributed by atoms with Crippen LogP contribution in [0.3, 0.4) is 0 Å². The lowest BCUT2D eigenvalue weighted by atomic mass is 10.4. The van der Waals surface area contributed by atoms with E-state index >= 15 is 0 Å². The molecule has 0 aromatic carbocycles. The van der Waals surface area contributed by atoms with Crippen molar-refractivity contribution in [2.45, 2.75) is 6.42 Å². The molecule has 4 heteroatoms. The second kappa shape index (κ2) is 5.53. The summed E-state index contributed by atoms with van der Waals surface area (Å²) in [6.45, 7) is 0.925. The maximum Gasteiger partial charge on any atom is 0.222 e. The summed E-state index contributed by atoms with van der Waals surface area (Å²) in [5.41, 5.74) is 5.05. The fourth-order valence-electron chi connectivity index (χ4n) is 0.441. The van der Waals surface area contributed by atoms with E-state index in [4.69, 9.17) is 5.73 Å². The number of carbonyl (C=O) groups excluding carboxylic acids is 1. The first-order valence-electron chi connectivity index (χ1n) is 2.92. The van der Waals surface area contributed by atoms with E-state index in [0.717, 1.165) is 0 Å². The van der Waals surface area contributed by atoms with Crippen molar-refractivity contribution in [3.05, 3.63) is 0 Å². The molecule has 0 aliphatic heterocycles. The SMILES string of the molecule is CNCCC(=O)NCN. The first kappa shape index (κ1) is 8.39. The van der Waals surface area contributed by atoms with Crippen molar-refractivity contribution in [1.82, 2.24) is 10.6 Å². The summed E-state index contributed by atoms with van der Waals surface area (Å²) in [6.07, 6.45) is 0.494. The van der Waals surface area contributed by atoms with Gasteiger partial charge >= 0.3 is 0 Å². The molecule has 0 bridgehead atoms. The first-order chi connectivity index (χ1) is 4.31. The molecule has 54 valence electrons. The summed E-state index contributed by atoms with van der Waals surface area (Å²) in [7, 11) is 1.80. The third-order valence-corrected chi connectivity index (χ3v) is 0.901. The molecule has 0 radical (unpaired) electrons. The Morgan fingerprint density at radius 1 is 1.67 bits per heavy atom. The second-order valence-corrected chi connectivity index (χ2v) is 1.66. The van der Waals surface area contributed by atoms with Crippen molar-refractivity contribution in [3.63, 3.8) is 0 Å². The maximum atomic E-state index is 10.6. The highest BCUT2D eigenvalue weighted by atomic mass is 16.1. The van der Waals surface area contributed by atoms with E-state index in [1.807, 2.05) is 0 Å². The molecule has 0 aliphatic rings. The molecule has 0 aromatic rings. The van der Waals surface area contributed by atoms with Gasteiger partial charge in [-0.3, -0.25) is 4.79 Å². The predicted octanol–water partition coefficient (Wildman–Crippen LogP) is -1.37. The molecule has 0 spiro atoms. The van der Waals surface area contributed by atoms with Crippen LogP contribution in [0.1, 0.15) is 6.42 Å². The molecular formula is C5H13N3O. The van der Waals surface area contributed by atoms with Gasteiger partial charge in [0.15, 0.2) is 0 Å². The highest BCUT2D eigenvalue weighted by molar-refractivity contribution is 5.75. The number of hydrogen-bond donors (Lipinski definition) is 3. The smallest absolute Gasteiger partial charge is 0.222 e. The lowest BCUT2D eigenvalue weighted by molar-refractivity contribution is -0.120. The van der Waals surface area contributed by atoms with Gasteiger partial charge in [0.1, 0.15) is 0 Å². The molecule has 0 atom stereocenters. The standard InChI is InChI=1S/C5H13N3O/c1-7-3-2-5(9)8-4-6/h7H,2-4,6H2,1H3,(H,8,9). The van der Waals surface area contributed by atoms with Crippen LogP contribution in [0.15, 0.2) is 0 Å². The minimum atomic E-state index is -0.00755. The Hall–Kier alpha value is -0.610. The molecule has 0 rings (SSSR count). The zero-order valence-corrected chi connectivity index (χ0v) is 5.61. The number of rotatable bonds is 4. The number of nitrogens with one attached hydrogen (secondary N) is 2. The van der Waals surface area contributed by atoms with Crippen LogP contribution >= 0.6 is 0 Å². The largest absolute Gasteiger partial charge is 0.344 e. The Bertz CT molecular complexity index is 84.3. The summed E-state index contributed by atoms with van der Waals surface area (Å²) in [5.74, 6) is -0.00755. The summed E-state index contributed by atoms with van der Waals surface area (Å²) in [5, 5.41) is 5.33. The van der Waals surface area contributed by atoms with Crippen LogP contribution in [0, 0.1) is 0 Å². The summed E-state index contributed by atoms with van der Waals surface area (Å²) < 4.78 is 0. The molecule has 4 N–H and O–H groups in total. The number of nitrogens with two attached hydrogens (primary N) is 1. The zero-order valence-electron chi connectivity index (χ0n) is 5.61. The highest BCUT2D eigenvalue weighted by Crippen LogP contribution is 1.72. The van der Waals surface area contributed by atoms with Crippen molar-refractivity contribution < 1.29 is 4.79 Å². The van der Waals surface area contributed by atoms with Gasteiger partial charge in [-0.05, 0) is 7.05 Å². The third-order valence-electron chi connectivity index (χ3n) is 0.901. The molecule has 0 unspecified atom stereocenters. The molecule has 4 nitrogen and oxygen atoms in total. The van der Waals surface area contributed by atoms with Gasteiger partial charge in [-0.25, -0.2) is 0 Å². The van der Waals surface area contributed by atoms with Crippen molar-refractivity contribution in [3.8, 4) is 0 Å². The molecule has 1 amide bonds. The van der Waals surface area contributed by atoms with Crippen molar-refractivity contribution in [2.75, 3.05) is 20.3 Å². The number of hydrogen-bond acceptors (Lipinski definition) is 3. The van der Waals surface area contributed by atoms with Gasteiger partial charge in [0.2, 0.25) is 5.91 Å². The van der Waals surface area contributed by atoms with E-state index in [-0.39, 0.29) is 12.6 Å².